The summed E-state index contributed by atoms with van der Waals surface area (Å²) in [6, 6.07) is 2.42. The molecule has 1 saturated carbocycles. The fraction of sp³-hybridized carbons (Fsp3) is 0.545. The Hall–Kier alpha value is -1.05. The van der Waals surface area contributed by atoms with Crippen molar-refractivity contribution in [2.24, 2.45) is 5.73 Å². The summed E-state index contributed by atoms with van der Waals surface area (Å²) in [6.45, 7) is 0.209. The molecule has 7 heteroatoms. The minimum atomic E-state index is -3.96. The van der Waals surface area contributed by atoms with Crippen molar-refractivity contribution in [2.75, 3.05) is 6.54 Å². The van der Waals surface area contributed by atoms with Gasteiger partial charge in [0.1, 0.15) is 0 Å². The zero-order valence-electron chi connectivity index (χ0n) is 9.89. The molecular formula is C11H16FN3O2S. The van der Waals surface area contributed by atoms with E-state index in [0.29, 0.717) is 12.8 Å². The van der Waals surface area contributed by atoms with Crippen LogP contribution in [0.1, 0.15) is 25.7 Å². The Morgan fingerprint density at radius 3 is 2.67 bits per heavy atom. The fourth-order valence-corrected chi connectivity index (χ4v) is 3.78. The molecule has 2 rings (SSSR count). The molecule has 0 spiro atoms. The maximum absolute atomic E-state index is 13.5. The van der Waals surface area contributed by atoms with E-state index in [9.17, 15) is 12.8 Å². The Morgan fingerprint density at radius 1 is 1.44 bits per heavy atom. The number of pyridine rings is 1. The quantitative estimate of drug-likeness (QED) is 0.848. The van der Waals surface area contributed by atoms with Gasteiger partial charge in [0.2, 0.25) is 5.03 Å². The van der Waals surface area contributed by atoms with E-state index >= 15 is 0 Å². The minimum absolute atomic E-state index is 0.209. The van der Waals surface area contributed by atoms with Crippen LogP contribution < -0.4 is 10.5 Å². The molecule has 1 heterocycles. The lowest BCUT2D eigenvalue weighted by Gasteiger charge is -2.27. The van der Waals surface area contributed by atoms with E-state index < -0.39 is 26.4 Å². The van der Waals surface area contributed by atoms with E-state index in [0.717, 1.165) is 18.9 Å². The SMILES string of the molecule is NCC1(NS(=O)(=O)c2ncccc2F)CCCC1. The first-order valence-corrected chi connectivity index (χ1v) is 7.32. The third-order valence-corrected chi connectivity index (χ3v) is 4.79. The van der Waals surface area contributed by atoms with Crippen molar-refractivity contribution in [2.45, 2.75) is 36.2 Å². The standard InChI is InChI=1S/C11H16FN3O2S/c12-9-4-3-7-14-10(9)18(16,17)15-11(8-13)5-1-2-6-11/h3-4,7,15H,1-2,5-6,8,13H2. The van der Waals surface area contributed by atoms with Gasteiger partial charge in [-0.15, -0.1) is 0 Å². The first-order valence-electron chi connectivity index (χ1n) is 5.84. The molecule has 5 nitrogen and oxygen atoms in total. The molecule has 18 heavy (non-hydrogen) atoms. The van der Waals surface area contributed by atoms with Crippen molar-refractivity contribution in [1.82, 2.24) is 9.71 Å². The second-order valence-electron chi connectivity index (χ2n) is 4.59. The topological polar surface area (TPSA) is 85.1 Å². The number of hydrogen-bond acceptors (Lipinski definition) is 4. The van der Waals surface area contributed by atoms with Gasteiger partial charge in [0.05, 0.1) is 0 Å². The van der Waals surface area contributed by atoms with Crippen LogP contribution in [-0.4, -0.2) is 25.5 Å². The maximum atomic E-state index is 13.5. The molecule has 3 N–H and O–H groups in total. The number of sulfonamides is 1. The minimum Gasteiger partial charge on any atom is -0.329 e. The summed E-state index contributed by atoms with van der Waals surface area (Å²) in [6.07, 6.45) is 4.45. The van der Waals surface area contributed by atoms with E-state index in [1.807, 2.05) is 0 Å². The van der Waals surface area contributed by atoms with Crippen LogP contribution in [-0.2, 0) is 10.0 Å². The Labute approximate surface area is 106 Å². The van der Waals surface area contributed by atoms with Gasteiger partial charge in [-0.1, -0.05) is 12.8 Å². The second-order valence-corrected chi connectivity index (χ2v) is 6.19. The number of aromatic nitrogens is 1. The van der Waals surface area contributed by atoms with Gasteiger partial charge >= 0.3 is 0 Å². The summed E-state index contributed by atoms with van der Waals surface area (Å²) in [5.41, 5.74) is 5.00. The smallest absolute Gasteiger partial charge is 0.261 e. The number of nitrogens with two attached hydrogens (primary N) is 1. The fourth-order valence-electron chi connectivity index (χ4n) is 2.30. The van der Waals surface area contributed by atoms with Crippen LogP contribution in [0.2, 0.25) is 0 Å². The molecule has 100 valence electrons. The number of hydrogen-bond donors (Lipinski definition) is 2. The Kier molecular flexibility index (Phi) is 3.65. The highest BCUT2D eigenvalue weighted by Crippen LogP contribution is 2.30. The normalized spacial score (nSPS) is 19.0. The summed E-state index contributed by atoms with van der Waals surface area (Å²) in [5, 5.41) is -0.565. The Morgan fingerprint density at radius 2 is 2.11 bits per heavy atom. The van der Waals surface area contributed by atoms with Crippen LogP contribution in [0, 0.1) is 5.82 Å². The molecule has 0 aliphatic heterocycles. The lowest BCUT2D eigenvalue weighted by Crippen LogP contribution is -2.51. The van der Waals surface area contributed by atoms with Gasteiger partial charge in [0.15, 0.2) is 5.82 Å². The lowest BCUT2D eigenvalue weighted by molar-refractivity contribution is 0.397. The summed E-state index contributed by atoms with van der Waals surface area (Å²) in [5.74, 6) is -0.852. The predicted molar refractivity (Wildman–Crippen MR) is 64.8 cm³/mol. The van der Waals surface area contributed by atoms with Crippen LogP contribution in [0.4, 0.5) is 4.39 Å². The van der Waals surface area contributed by atoms with Gasteiger partial charge < -0.3 is 5.73 Å². The van der Waals surface area contributed by atoms with Crippen molar-refractivity contribution in [3.8, 4) is 0 Å². The molecule has 0 saturated heterocycles. The monoisotopic (exact) mass is 273 g/mol. The first kappa shape index (κ1) is 13.4. The maximum Gasteiger partial charge on any atom is 0.261 e. The molecular weight excluding hydrogens is 257 g/mol. The highest BCUT2D eigenvalue weighted by atomic mass is 32.2. The van der Waals surface area contributed by atoms with Crippen LogP contribution in [0.25, 0.3) is 0 Å². The number of nitrogens with zero attached hydrogens (tertiary/aromatic N) is 1. The van der Waals surface area contributed by atoms with Gasteiger partial charge in [-0.2, -0.15) is 0 Å². The summed E-state index contributed by atoms with van der Waals surface area (Å²) >= 11 is 0. The Bertz CT molecular complexity index is 527. The molecule has 0 aromatic carbocycles. The number of rotatable bonds is 4. The number of halogens is 1. The molecule has 0 atom stereocenters. The third kappa shape index (κ3) is 2.52. The summed E-state index contributed by atoms with van der Waals surface area (Å²) < 4.78 is 40.2. The largest absolute Gasteiger partial charge is 0.329 e. The molecule has 1 aliphatic rings. The van der Waals surface area contributed by atoms with Crippen molar-refractivity contribution < 1.29 is 12.8 Å². The van der Waals surface area contributed by atoms with E-state index in [4.69, 9.17) is 5.73 Å². The Balaban J connectivity index is 2.30. The lowest BCUT2D eigenvalue weighted by atomic mass is 10.0. The third-order valence-electron chi connectivity index (χ3n) is 3.28. The molecule has 1 aromatic rings. The predicted octanol–water partition coefficient (Wildman–Crippen LogP) is 0.770. The highest BCUT2D eigenvalue weighted by Gasteiger charge is 2.38. The molecule has 1 fully saturated rings. The van der Waals surface area contributed by atoms with Crippen molar-refractivity contribution in [3.63, 3.8) is 0 Å². The molecule has 0 bridgehead atoms. The zero-order valence-corrected chi connectivity index (χ0v) is 10.7. The van der Waals surface area contributed by atoms with Crippen LogP contribution in [0.15, 0.2) is 23.4 Å². The van der Waals surface area contributed by atoms with Gasteiger partial charge in [-0.25, -0.2) is 22.5 Å². The molecule has 1 aromatic heterocycles. The van der Waals surface area contributed by atoms with E-state index in [1.165, 1.54) is 12.3 Å². The van der Waals surface area contributed by atoms with E-state index in [1.54, 1.807) is 0 Å². The van der Waals surface area contributed by atoms with Crippen LogP contribution in [0.5, 0.6) is 0 Å². The first-order chi connectivity index (χ1) is 8.49. The number of nitrogens with one attached hydrogen (secondary N) is 1. The summed E-state index contributed by atoms with van der Waals surface area (Å²) in [7, 11) is -3.96. The highest BCUT2D eigenvalue weighted by molar-refractivity contribution is 7.89. The molecule has 1 aliphatic carbocycles. The van der Waals surface area contributed by atoms with E-state index in [-0.39, 0.29) is 6.54 Å². The van der Waals surface area contributed by atoms with Gasteiger partial charge in [0.25, 0.3) is 10.0 Å². The van der Waals surface area contributed by atoms with E-state index in [2.05, 4.69) is 9.71 Å². The van der Waals surface area contributed by atoms with Crippen molar-refractivity contribution in [1.29, 1.82) is 0 Å². The van der Waals surface area contributed by atoms with Gasteiger partial charge in [0, 0.05) is 18.3 Å². The van der Waals surface area contributed by atoms with Gasteiger partial charge in [-0.05, 0) is 25.0 Å². The van der Waals surface area contributed by atoms with Crippen LogP contribution in [0.3, 0.4) is 0 Å². The average molecular weight is 273 g/mol. The average Bonchev–Trinajstić information content (AvgIpc) is 2.78. The molecule has 0 unspecified atom stereocenters. The van der Waals surface area contributed by atoms with Crippen molar-refractivity contribution >= 4 is 10.0 Å². The van der Waals surface area contributed by atoms with Crippen LogP contribution >= 0.6 is 0 Å². The zero-order chi connectivity index (χ0) is 13.2. The van der Waals surface area contributed by atoms with Crippen molar-refractivity contribution in [3.05, 3.63) is 24.1 Å². The molecule has 0 amide bonds. The second kappa shape index (κ2) is 4.91. The summed E-state index contributed by atoms with van der Waals surface area (Å²) in [4.78, 5) is 3.59. The molecule has 0 radical (unpaired) electrons. The van der Waals surface area contributed by atoms with Gasteiger partial charge in [-0.3, -0.25) is 0 Å².